The molecule has 1 aromatic carbocycles. The lowest BCUT2D eigenvalue weighted by Crippen LogP contribution is -2.31. The van der Waals surface area contributed by atoms with Gasteiger partial charge in [-0.05, 0) is 41.5 Å². The molecule has 9 nitrogen and oxygen atoms in total. The Hall–Kier alpha value is -3.53. The fourth-order valence-corrected chi connectivity index (χ4v) is 3.49. The van der Waals surface area contributed by atoms with E-state index < -0.39 is 0 Å². The summed E-state index contributed by atoms with van der Waals surface area (Å²) in [4.78, 5) is 4.15. The molecule has 0 amide bonds. The van der Waals surface area contributed by atoms with Crippen molar-refractivity contribution in [2.24, 2.45) is 0 Å². The van der Waals surface area contributed by atoms with Crippen molar-refractivity contribution in [1.29, 1.82) is 5.41 Å². The molecule has 0 aliphatic carbocycles. The third-order valence-electron chi connectivity index (χ3n) is 4.93. The van der Waals surface area contributed by atoms with Crippen molar-refractivity contribution in [3.05, 3.63) is 53.5 Å². The maximum atomic E-state index is 13.0. The van der Waals surface area contributed by atoms with Gasteiger partial charge in [0.2, 0.25) is 0 Å². The van der Waals surface area contributed by atoms with E-state index in [4.69, 9.17) is 15.9 Å². The summed E-state index contributed by atoms with van der Waals surface area (Å²) in [6.45, 7) is 1.42. The quantitative estimate of drug-likeness (QED) is 0.355. The molecule has 1 fully saturated rings. The van der Waals surface area contributed by atoms with Gasteiger partial charge < -0.3 is 26.5 Å². The van der Waals surface area contributed by atoms with E-state index in [1.165, 1.54) is 18.3 Å². The van der Waals surface area contributed by atoms with Gasteiger partial charge in [-0.2, -0.15) is 0 Å². The van der Waals surface area contributed by atoms with Crippen LogP contribution in [0.2, 0.25) is 0 Å². The summed E-state index contributed by atoms with van der Waals surface area (Å²) in [5, 5.41) is 24.9. The minimum absolute atomic E-state index is 0.0358. The molecule has 30 heavy (non-hydrogen) atoms. The van der Waals surface area contributed by atoms with Crippen LogP contribution in [0.5, 0.6) is 5.75 Å². The largest absolute Gasteiger partial charge is 0.489 e. The van der Waals surface area contributed by atoms with Crippen LogP contribution in [0.1, 0.15) is 12.0 Å². The number of ether oxygens (including phenoxy) is 1. The summed E-state index contributed by atoms with van der Waals surface area (Å²) >= 11 is 0. The minimum atomic E-state index is -0.276. The molecule has 3 aromatic rings. The Bertz CT molecular complexity index is 1050. The topological polar surface area (TPSA) is 138 Å². The minimum Gasteiger partial charge on any atom is -0.489 e. The zero-order valence-electron chi connectivity index (χ0n) is 16.2. The average molecular weight is 410 g/mol. The number of nitrogen functional groups attached to an aromatic ring is 1. The lowest BCUT2D eigenvalue weighted by Gasteiger charge is -2.13. The van der Waals surface area contributed by atoms with E-state index in [0.717, 1.165) is 24.1 Å². The number of nitrogens with two attached hydrogens (primary N) is 1. The molecule has 0 spiro atoms. The third kappa shape index (κ3) is 4.71. The van der Waals surface area contributed by atoms with Crippen LogP contribution in [0.15, 0.2) is 42.1 Å². The number of hydrogen-bond donors (Lipinski definition) is 5. The van der Waals surface area contributed by atoms with Crippen molar-refractivity contribution >= 4 is 23.2 Å². The van der Waals surface area contributed by atoms with Crippen molar-refractivity contribution < 1.29 is 9.13 Å². The number of allylic oxidation sites excluding steroid dienone is 1. The molecule has 0 bridgehead atoms. The van der Waals surface area contributed by atoms with Crippen LogP contribution >= 0.6 is 0 Å². The van der Waals surface area contributed by atoms with Gasteiger partial charge in [-0.25, -0.2) is 14.5 Å². The van der Waals surface area contributed by atoms with E-state index in [-0.39, 0.29) is 18.0 Å². The molecule has 2 aromatic heterocycles. The molecule has 156 valence electrons. The molecule has 6 N–H and O–H groups in total. The van der Waals surface area contributed by atoms with Gasteiger partial charge in [-0.15, -0.1) is 5.10 Å². The number of pyridine rings is 1. The highest BCUT2D eigenvalue weighted by atomic mass is 19.1. The maximum Gasteiger partial charge on any atom is 0.178 e. The molecule has 10 heteroatoms. The van der Waals surface area contributed by atoms with Crippen LogP contribution in [0.3, 0.4) is 0 Å². The van der Waals surface area contributed by atoms with Gasteiger partial charge in [0, 0.05) is 44.4 Å². The first-order chi connectivity index (χ1) is 14.6. The summed E-state index contributed by atoms with van der Waals surface area (Å²) < 4.78 is 18.9. The number of aromatic amines is 1. The Morgan fingerprint density at radius 3 is 3.00 bits per heavy atom. The summed E-state index contributed by atoms with van der Waals surface area (Å²) in [7, 11) is 0. The number of rotatable bonds is 8. The van der Waals surface area contributed by atoms with E-state index >= 15 is 0 Å². The Labute approximate surface area is 172 Å². The van der Waals surface area contributed by atoms with Gasteiger partial charge in [0.1, 0.15) is 29.0 Å². The van der Waals surface area contributed by atoms with Gasteiger partial charge in [-0.3, -0.25) is 0 Å². The lowest BCUT2D eigenvalue weighted by molar-refractivity contribution is 0.219. The van der Waals surface area contributed by atoms with Gasteiger partial charge in [-0.1, -0.05) is 5.21 Å². The second-order valence-electron chi connectivity index (χ2n) is 7.20. The van der Waals surface area contributed by atoms with Crippen LogP contribution in [0, 0.1) is 11.2 Å². The van der Waals surface area contributed by atoms with Gasteiger partial charge >= 0.3 is 0 Å². The van der Waals surface area contributed by atoms with Crippen LogP contribution in [0.25, 0.3) is 11.2 Å². The lowest BCUT2D eigenvalue weighted by atomic mass is 10.1. The predicted molar refractivity (Wildman–Crippen MR) is 112 cm³/mol. The molecule has 2 atom stereocenters. The Kier molecular flexibility index (Phi) is 5.84. The highest BCUT2D eigenvalue weighted by Gasteiger charge is 2.25. The highest BCUT2D eigenvalue weighted by molar-refractivity contribution is 5.81. The molecular formula is C20H23FN8O. The van der Waals surface area contributed by atoms with E-state index in [0.29, 0.717) is 35.7 Å². The standard InChI is InChI=1S/C20H23FN8O/c21-14-1-3-16(4-2-14)30-17-7-15(25-11-17)10-24-9-12(8-22)5-13-6-18(23)26-20-19(13)27-29-28-20/h1-4,6,8-9,15,17,22,24-25H,5,7,10-11H2,(H3,23,26,27,28,29)/b12-9-,22-8?/t15-,17+/m1/s1. The normalized spacial score (nSPS) is 19.2. The van der Waals surface area contributed by atoms with Gasteiger partial charge in [0.25, 0.3) is 0 Å². The fraction of sp³-hybridized carbons (Fsp3) is 0.300. The van der Waals surface area contributed by atoms with Gasteiger partial charge in [0.15, 0.2) is 5.65 Å². The second-order valence-corrected chi connectivity index (χ2v) is 7.20. The smallest absolute Gasteiger partial charge is 0.178 e. The maximum absolute atomic E-state index is 13.0. The molecule has 1 aliphatic rings. The Morgan fingerprint density at radius 2 is 2.20 bits per heavy atom. The molecular weight excluding hydrogens is 387 g/mol. The Morgan fingerprint density at radius 1 is 1.37 bits per heavy atom. The predicted octanol–water partition coefficient (Wildman–Crippen LogP) is 1.55. The number of H-pyrrole nitrogens is 1. The van der Waals surface area contributed by atoms with E-state index in [1.54, 1.807) is 18.2 Å². The van der Waals surface area contributed by atoms with Crippen molar-refractivity contribution in [2.75, 3.05) is 18.8 Å². The third-order valence-corrected chi connectivity index (χ3v) is 4.93. The molecule has 1 aliphatic heterocycles. The number of hydrogen-bond acceptors (Lipinski definition) is 8. The summed E-state index contributed by atoms with van der Waals surface area (Å²) in [5.41, 5.74) is 8.66. The first-order valence-electron chi connectivity index (χ1n) is 9.65. The molecule has 3 heterocycles. The van der Waals surface area contributed by atoms with E-state index in [9.17, 15) is 4.39 Å². The fourth-order valence-electron chi connectivity index (χ4n) is 3.49. The molecule has 1 saturated heterocycles. The molecule has 0 saturated carbocycles. The zero-order chi connectivity index (χ0) is 20.9. The van der Waals surface area contributed by atoms with Crippen LogP contribution in [-0.4, -0.2) is 51.8 Å². The van der Waals surface area contributed by atoms with Crippen molar-refractivity contribution in [1.82, 2.24) is 31.0 Å². The first kappa shape index (κ1) is 19.8. The molecule has 0 unspecified atom stereocenters. The van der Waals surface area contributed by atoms with Crippen molar-refractivity contribution in [3.8, 4) is 5.75 Å². The SMILES string of the molecule is N=C/C(=C\NC[C@H]1C[C@H](Oc2ccc(F)cc2)CN1)Cc1cc(N)nc2[nH]nnc12. The number of anilines is 1. The zero-order valence-corrected chi connectivity index (χ0v) is 16.2. The number of fused-ring (bicyclic) bond motifs is 1. The second kappa shape index (κ2) is 8.87. The average Bonchev–Trinajstić information content (AvgIpc) is 3.38. The summed E-state index contributed by atoms with van der Waals surface area (Å²) in [5.74, 6) is 0.767. The Balaban J connectivity index is 1.30. The highest BCUT2D eigenvalue weighted by Crippen LogP contribution is 2.19. The molecule has 4 rings (SSSR count). The summed E-state index contributed by atoms with van der Waals surface area (Å²) in [6.07, 6.45) is 4.48. The monoisotopic (exact) mass is 410 g/mol. The first-order valence-corrected chi connectivity index (χ1v) is 9.65. The number of halogens is 1. The number of aromatic nitrogens is 4. The van der Waals surface area contributed by atoms with E-state index in [2.05, 4.69) is 31.0 Å². The van der Waals surface area contributed by atoms with Crippen LogP contribution < -0.4 is 21.1 Å². The van der Waals surface area contributed by atoms with E-state index in [1.807, 2.05) is 6.20 Å². The van der Waals surface area contributed by atoms with Crippen molar-refractivity contribution in [2.45, 2.75) is 25.0 Å². The van der Waals surface area contributed by atoms with Crippen molar-refractivity contribution in [3.63, 3.8) is 0 Å². The molecule has 0 radical (unpaired) electrons. The number of nitrogens with one attached hydrogen (secondary N) is 4. The number of benzene rings is 1. The van der Waals surface area contributed by atoms with Crippen LogP contribution in [0.4, 0.5) is 10.2 Å². The van der Waals surface area contributed by atoms with Gasteiger partial charge in [0.05, 0.1) is 0 Å². The van der Waals surface area contributed by atoms with Crippen LogP contribution in [-0.2, 0) is 6.42 Å². The summed E-state index contributed by atoms with van der Waals surface area (Å²) in [6, 6.07) is 8.04. The number of nitrogens with zero attached hydrogens (tertiary/aromatic N) is 3.